The van der Waals surface area contributed by atoms with Gasteiger partial charge in [0.1, 0.15) is 11.9 Å². The van der Waals surface area contributed by atoms with Gasteiger partial charge in [-0.15, -0.1) is 0 Å². The van der Waals surface area contributed by atoms with Crippen LogP contribution in [-0.2, 0) is 17.6 Å². The zero-order valence-electron chi connectivity index (χ0n) is 20.7. The number of aromatic nitrogens is 3. The van der Waals surface area contributed by atoms with Crippen molar-refractivity contribution in [3.63, 3.8) is 0 Å². The minimum Gasteiger partial charge on any atom is -0.484 e. The van der Waals surface area contributed by atoms with E-state index in [1.54, 1.807) is 13.1 Å². The molecule has 0 amide bonds. The molecule has 1 N–H and O–H groups in total. The highest BCUT2D eigenvalue weighted by Gasteiger charge is 2.39. The molecule has 1 unspecified atom stereocenters. The summed E-state index contributed by atoms with van der Waals surface area (Å²) in [6.07, 6.45) is 6.77. The molecule has 0 radical (unpaired) electrons. The summed E-state index contributed by atoms with van der Waals surface area (Å²) in [6, 6.07) is 7.68. The second-order valence-electron chi connectivity index (χ2n) is 9.65. The summed E-state index contributed by atoms with van der Waals surface area (Å²) < 4.78 is 26.1. The van der Waals surface area contributed by atoms with Crippen LogP contribution in [0.25, 0.3) is 11.3 Å². The molecule has 188 valence electrons. The van der Waals surface area contributed by atoms with Crippen molar-refractivity contribution in [3.8, 4) is 22.9 Å². The molecule has 3 atom stereocenters. The summed E-state index contributed by atoms with van der Waals surface area (Å²) in [4.78, 5) is 25.0. The molecular weight excluding hydrogens is 461 g/mol. The average molecular weight is 492 g/mol. The number of carbonyl (C=O) groups is 1. The molecule has 36 heavy (non-hydrogen) atoms. The topological polar surface area (TPSA) is 94.4 Å². The molecule has 0 saturated heterocycles. The van der Waals surface area contributed by atoms with Crippen molar-refractivity contribution < 1.29 is 23.8 Å². The Hall–Kier alpha value is -3.55. The number of methoxy groups -OCH3 is 1. The van der Waals surface area contributed by atoms with Crippen LogP contribution >= 0.6 is 0 Å². The predicted molar refractivity (Wildman–Crippen MR) is 132 cm³/mol. The van der Waals surface area contributed by atoms with E-state index in [1.165, 1.54) is 13.2 Å². The molecule has 1 fully saturated rings. The second-order valence-corrected chi connectivity index (χ2v) is 9.65. The fraction of sp³-hybridized carbons (Fsp3) is 0.429. The molecule has 0 bridgehead atoms. The maximum absolute atomic E-state index is 14.6. The molecule has 8 heteroatoms. The Kier molecular flexibility index (Phi) is 6.60. The van der Waals surface area contributed by atoms with E-state index in [0.29, 0.717) is 40.9 Å². The summed E-state index contributed by atoms with van der Waals surface area (Å²) in [6.45, 7) is 3.75. The Morgan fingerprint density at radius 3 is 2.72 bits per heavy atom. The average Bonchev–Trinajstić information content (AvgIpc) is 3.73. The highest BCUT2D eigenvalue weighted by molar-refractivity contribution is 5.71. The first-order valence-electron chi connectivity index (χ1n) is 12.5. The number of benzene rings is 1. The number of halogens is 1. The molecule has 1 aliphatic heterocycles. The van der Waals surface area contributed by atoms with E-state index >= 15 is 0 Å². The largest absolute Gasteiger partial charge is 0.484 e. The quantitative estimate of drug-likeness (QED) is 0.443. The lowest BCUT2D eigenvalue weighted by Gasteiger charge is -2.28. The summed E-state index contributed by atoms with van der Waals surface area (Å²) in [5, 5.41) is 9.64. The van der Waals surface area contributed by atoms with Crippen LogP contribution in [0, 0.1) is 17.7 Å². The molecule has 1 aliphatic carbocycles. The third-order valence-electron chi connectivity index (χ3n) is 7.30. The van der Waals surface area contributed by atoms with Crippen molar-refractivity contribution in [2.75, 3.05) is 7.11 Å². The monoisotopic (exact) mass is 491 g/mol. The van der Waals surface area contributed by atoms with Crippen LogP contribution in [0.1, 0.15) is 67.6 Å². The van der Waals surface area contributed by atoms with E-state index in [0.717, 1.165) is 48.8 Å². The van der Waals surface area contributed by atoms with Crippen LogP contribution in [0.3, 0.4) is 0 Å². The molecule has 2 aliphatic rings. The Labute approximate surface area is 209 Å². The number of aryl methyl sites for hydroxylation is 2. The first kappa shape index (κ1) is 24.2. The van der Waals surface area contributed by atoms with Crippen LogP contribution in [0.5, 0.6) is 11.6 Å². The van der Waals surface area contributed by atoms with Gasteiger partial charge in [0.25, 0.3) is 0 Å². The van der Waals surface area contributed by atoms with Gasteiger partial charge in [-0.05, 0) is 61.1 Å². The molecule has 3 aromatic rings. The standard InChI is InChI=1S/C28H30FN3O4/c1-4-21-27(19-12-25(35-3)30-13-20(19)29)31-14-22(32-21)23-10-9-16-5-8-18(11-24(16)36-23)26(17-6-7-17)15(2)28(33)34/h5,8,11-15,17,23,26H,4,6-7,9-10H2,1-3H3,(H,33,34)/t15-,23?,26-/m0/s1. The lowest BCUT2D eigenvalue weighted by atomic mass is 9.82. The molecule has 2 aromatic heterocycles. The highest BCUT2D eigenvalue weighted by Crippen LogP contribution is 2.48. The molecule has 1 aromatic carbocycles. The van der Waals surface area contributed by atoms with Crippen molar-refractivity contribution in [2.45, 2.75) is 58.0 Å². The van der Waals surface area contributed by atoms with E-state index in [4.69, 9.17) is 14.5 Å². The normalized spacial score (nSPS) is 18.6. The lowest BCUT2D eigenvalue weighted by molar-refractivity contribution is -0.142. The van der Waals surface area contributed by atoms with Gasteiger partial charge in [-0.2, -0.15) is 0 Å². The Morgan fingerprint density at radius 2 is 2.03 bits per heavy atom. The van der Waals surface area contributed by atoms with Crippen LogP contribution < -0.4 is 9.47 Å². The Morgan fingerprint density at radius 1 is 1.22 bits per heavy atom. The third-order valence-corrected chi connectivity index (χ3v) is 7.30. The van der Waals surface area contributed by atoms with E-state index in [-0.39, 0.29) is 12.0 Å². The molecule has 7 nitrogen and oxygen atoms in total. The van der Waals surface area contributed by atoms with Crippen molar-refractivity contribution >= 4 is 5.97 Å². The van der Waals surface area contributed by atoms with Gasteiger partial charge in [0.05, 0.1) is 42.5 Å². The molecule has 5 rings (SSSR count). The minimum absolute atomic E-state index is 0.0187. The number of ether oxygens (including phenoxy) is 2. The van der Waals surface area contributed by atoms with Gasteiger partial charge in [0, 0.05) is 11.6 Å². The number of carboxylic acids is 1. The molecule has 3 heterocycles. The van der Waals surface area contributed by atoms with Crippen molar-refractivity contribution in [1.82, 2.24) is 15.0 Å². The number of nitrogens with zero attached hydrogens (tertiary/aromatic N) is 3. The lowest BCUT2D eigenvalue weighted by Crippen LogP contribution is -2.22. The van der Waals surface area contributed by atoms with Crippen LogP contribution in [-0.4, -0.2) is 33.1 Å². The van der Waals surface area contributed by atoms with E-state index in [9.17, 15) is 14.3 Å². The SMILES string of the molecule is CCc1nc(C2CCc3ccc([C@H](C4CC4)[C@H](C)C(=O)O)cc3O2)cnc1-c1cc(OC)ncc1F. The minimum atomic E-state index is -0.769. The molecule has 1 saturated carbocycles. The first-order valence-corrected chi connectivity index (χ1v) is 12.5. The summed E-state index contributed by atoms with van der Waals surface area (Å²) in [5.41, 5.74) is 4.27. The first-order chi connectivity index (χ1) is 17.4. The zero-order valence-corrected chi connectivity index (χ0v) is 20.7. The van der Waals surface area contributed by atoms with E-state index < -0.39 is 17.7 Å². The van der Waals surface area contributed by atoms with Gasteiger partial charge in [-0.1, -0.05) is 26.0 Å². The summed E-state index contributed by atoms with van der Waals surface area (Å²) in [5.74, 6) is -0.225. The van der Waals surface area contributed by atoms with Crippen LogP contribution in [0.4, 0.5) is 4.39 Å². The maximum Gasteiger partial charge on any atom is 0.306 e. The van der Waals surface area contributed by atoms with Crippen LogP contribution in [0.15, 0.2) is 36.7 Å². The fourth-order valence-electron chi connectivity index (χ4n) is 5.16. The van der Waals surface area contributed by atoms with Gasteiger partial charge in [-0.25, -0.2) is 9.37 Å². The number of rotatable bonds is 8. The second kappa shape index (κ2) is 9.84. The Bertz CT molecular complexity index is 1290. The van der Waals surface area contributed by atoms with Gasteiger partial charge in [-0.3, -0.25) is 14.8 Å². The summed E-state index contributed by atoms with van der Waals surface area (Å²) >= 11 is 0. The maximum atomic E-state index is 14.6. The smallest absolute Gasteiger partial charge is 0.306 e. The van der Waals surface area contributed by atoms with Gasteiger partial charge < -0.3 is 14.6 Å². The van der Waals surface area contributed by atoms with Gasteiger partial charge in [0.15, 0.2) is 5.82 Å². The molecule has 0 spiro atoms. The predicted octanol–water partition coefficient (Wildman–Crippen LogP) is 5.53. The van der Waals surface area contributed by atoms with E-state index in [2.05, 4.69) is 22.1 Å². The molecular formula is C28H30FN3O4. The van der Waals surface area contributed by atoms with Crippen molar-refractivity contribution in [2.24, 2.45) is 11.8 Å². The fourth-order valence-corrected chi connectivity index (χ4v) is 5.16. The highest BCUT2D eigenvalue weighted by atomic mass is 19.1. The van der Waals surface area contributed by atoms with Crippen molar-refractivity contribution in [3.05, 3.63) is 65.0 Å². The number of aliphatic carboxylic acids is 1. The van der Waals surface area contributed by atoms with Gasteiger partial charge >= 0.3 is 5.97 Å². The number of pyridine rings is 1. The Balaban J connectivity index is 1.43. The summed E-state index contributed by atoms with van der Waals surface area (Å²) in [7, 11) is 1.48. The number of hydrogen-bond donors (Lipinski definition) is 1. The third kappa shape index (κ3) is 4.64. The van der Waals surface area contributed by atoms with Crippen molar-refractivity contribution in [1.29, 1.82) is 0 Å². The van der Waals surface area contributed by atoms with E-state index in [1.807, 2.05) is 13.0 Å². The number of fused-ring (bicyclic) bond motifs is 1. The zero-order chi connectivity index (χ0) is 25.4. The van der Waals surface area contributed by atoms with Crippen LogP contribution in [0.2, 0.25) is 0 Å². The number of carboxylic acid groups (broad SMARTS) is 1. The van der Waals surface area contributed by atoms with Gasteiger partial charge in [0.2, 0.25) is 5.88 Å². The number of hydrogen-bond acceptors (Lipinski definition) is 6.